The Morgan fingerprint density at radius 3 is 2.65 bits per heavy atom. The molecule has 6 rings (SSSR count). The number of para-hydroxylation sites is 1. The molecule has 0 unspecified atom stereocenters. The van der Waals surface area contributed by atoms with E-state index in [1.54, 1.807) is 32.7 Å². The van der Waals surface area contributed by atoms with Crippen LogP contribution in [0, 0.1) is 0 Å². The van der Waals surface area contributed by atoms with Gasteiger partial charge in [0.15, 0.2) is 11.5 Å². The number of aliphatic hydroxyl groups is 1. The molecular formula is C31H31N3O5S. The highest BCUT2D eigenvalue weighted by atomic mass is 32.1. The van der Waals surface area contributed by atoms with Crippen molar-refractivity contribution in [3.8, 4) is 39.1 Å². The smallest absolute Gasteiger partial charge is 0.253 e. The number of nitrogens with zero attached hydrogens (tertiary/aromatic N) is 1. The second-order valence-corrected chi connectivity index (χ2v) is 10.7. The Bertz CT molecular complexity index is 1690. The topological polar surface area (TPSA) is 97.7 Å². The summed E-state index contributed by atoms with van der Waals surface area (Å²) >= 11 is 1.59. The summed E-state index contributed by atoms with van der Waals surface area (Å²) in [6, 6.07) is 15.5. The van der Waals surface area contributed by atoms with Gasteiger partial charge in [0.25, 0.3) is 5.91 Å². The zero-order chi connectivity index (χ0) is 27.8. The minimum Gasteiger partial charge on any atom is -0.493 e. The molecule has 2 aromatic carbocycles. The van der Waals surface area contributed by atoms with Gasteiger partial charge in [0.1, 0.15) is 0 Å². The maximum Gasteiger partial charge on any atom is 0.253 e. The zero-order valence-corrected chi connectivity index (χ0v) is 23.4. The lowest BCUT2D eigenvalue weighted by Crippen LogP contribution is -2.39. The van der Waals surface area contributed by atoms with Gasteiger partial charge in [-0.05, 0) is 53.6 Å². The number of aromatic nitrogens is 2. The highest BCUT2D eigenvalue weighted by molar-refractivity contribution is 7.13. The molecule has 8 nitrogen and oxygen atoms in total. The van der Waals surface area contributed by atoms with E-state index in [1.165, 1.54) is 0 Å². The normalized spacial score (nSPS) is 13.0. The number of aromatic amines is 1. The van der Waals surface area contributed by atoms with Gasteiger partial charge in [-0.1, -0.05) is 24.3 Å². The Morgan fingerprint density at radius 1 is 1.10 bits per heavy atom. The minimum absolute atomic E-state index is 0.180. The number of carbonyl (C=O) groups is 1. The van der Waals surface area contributed by atoms with Crippen LogP contribution in [0.3, 0.4) is 0 Å². The van der Waals surface area contributed by atoms with Crippen LogP contribution < -0.4 is 19.5 Å². The maximum atomic E-state index is 13.9. The van der Waals surface area contributed by atoms with Crippen molar-refractivity contribution in [2.45, 2.75) is 25.4 Å². The van der Waals surface area contributed by atoms with Crippen LogP contribution in [0.4, 0.5) is 0 Å². The number of rotatable bonds is 9. The lowest BCUT2D eigenvalue weighted by atomic mass is 9.96. The number of hydrogen-bond acceptors (Lipinski definition) is 6. The van der Waals surface area contributed by atoms with E-state index in [0.717, 1.165) is 50.3 Å². The van der Waals surface area contributed by atoms with Crippen molar-refractivity contribution in [1.82, 2.24) is 14.9 Å². The third-order valence-corrected chi connectivity index (χ3v) is 8.44. The summed E-state index contributed by atoms with van der Waals surface area (Å²) in [5, 5.41) is 16.4. The molecule has 0 aliphatic carbocycles. The number of aryl methyl sites for hydroxylation is 1. The molecule has 1 aliphatic heterocycles. The van der Waals surface area contributed by atoms with Gasteiger partial charge in [-0.3, -0.25) is 4.79 Å². The minimum atomic E-state index is -0.453. The molecule has 3 aromatic heterocycles. The van der Waals surface area contributed by atoms with E-state index in [2.05, 4.69) is 14.9 Å². The average Bonchev–Trinajstić information content (AvgIpc) is 3.74. The van der Waals surface area contributed by atoms with E-state index in [9.17, 15) is 9.90 Å². The fourth-order valence-corrected chi connectivity index (χ4v) is 6.54. The van der Waals surface area contributed by atoms with Crippen LogP contribution in [0.2, 0.25) is 0 Å². The molecule has 0 saturated heterocycles. The van der Waals surface area contributed by atoms with Gasteiger partial charge < -0.3 is 34.2 Å². The summed E-state index contributed by atoms with van der Waals surface area (Å²) < 4.78 is 19.3. The number of thiophene rings is 1. The number of amides is 1. The molecule has 3 N–H and O–H groups in total. The number of nitrogens with one attached hydrogen (secondary N) is 2. The summed E-state index contributed by atoms with van der Waals surface area (Å²) in [6.07, 6.45) is 3.19. The summed E-state index contributed by atoms with van der Waals surface area (Å²) in [7, 11) is 4.82. The number of carbonyl (C=O) groups excluding carboxylic acids is 1. The largest absolute Gasteiger partial charge is 0.493 e. The molecule has 5 aromatic rings. The first kappa shape index (κ1) is 26.0. The van der Waals surface area contributed by atoms with Crippen LogP contribution in [-0.4, -0.2) is 54.5 Å². The Kier molecular flexibility index (Phi) is 7.00. The van der Waals surface area contributed by atoms with Gasteiger partial charge in [-0.25, -0.2) is 0 Å². The summed E-state index contributed by atoms with van der Waals surface area (Å²) in [4.78, 5) is 18.2. The number of aliphatic hydroxyl groups excluding tert-OH is 1. The summed E-state index contributed by atoms with van der Waals surface area (Å²) in [5.41, 5.74) is 6.32. The van der Waals surface area contributed by atoms with Crippen LogP contribution in [0.5, 0.6) is 17.2 Å². The fraction of sp³-hybridized carbons (Fsp3) is 0.258. The number of H-pyrrole nitrogens is 1. The molecule has 206 valence electrons. The lowest BCUT2D eigenvalue weighted by Gasteiger charge is -2.25. The van der Waals surface area contributed by atoms with E-state index in [1.807, 2.05) is 60.1 Å². The van der Waals surface area contributed by atoms with Crippen molar-refractivity contribution < 1.29 is 24.1 Å². The van der Waals surface area contributed by atoms with Crippen LogP contribution >= 0.6 is 11.3 Å². The first-order chi connectivity index (χ1) is 19.6. The van der Waals surface area contributed by atoms with Gasteiger partial charge >= 0.3 is 0 Å². The van der Waals surface area contributed by atoms with E-state index in [-0.39, 0.29) is 12.5 Å². The van der Waals surface area contributed by atoms with Gasteiger partial charge in [0, 0.05) is 29.2 Å². The fourth-order valence-electron chi connectivity index (χ4n) is 5.75. The molecule has 1 amide bonds. The molecule has 0 spiro atoms. The van der Waals surface area contributed by atoms with Crippen molar-refractivity contribution in [3.63, 3.8) is 0 Å². The molecule has 0 bridgehead atoms. The predicted octanol–water partition coefficient (Wildman–Crippen LogP) is 5.28. The summed E-state index contributed by atoms with van der Waals surface area (Å²) in [5.74, 6) is 1.47. The van der Waals surface area contributed by atoms with Crippen LogP contribution in [0.1, 0.15) is 21.5 Å². The van der Waals surface area contributed by atoms with E-state index in [4.69, 9.17) is 14.2 Å². The number of methoxy groups -OCH3 is 3. The third kappa shape index (κ3) is 4.31. The number of fused-ring (bicyclic) bond motifs is 4. The third-order valence-electron chi connectivity index (χ3n) is 7.57. The molecular weight excluding hydrogens is 526 g/mol. The molecule has 4 heterocycles. The Balaban J connectivity index is 1.41. The average molecular weight is 558 g/mol. The molecule has 9 heteroatoms. The Labute approximate surface area is 236 Å². The summed E-state index contributed by atoms with van der Waals surface area (Å²) in [6.45, 7) is 0.515. The molecule has 0 fully saturated rings. The quantitative estimate of drug-likeness (QED) is 0.229. The molecule has 1 atom stereocenters. The molecule has 0 saturated carbocycles. The monoisotopic (exact) mass is 557 g/mol. The van der Waals surface area contributed by atoms with Gasteiger partial charge in [-0.15, -0.1) is 11.3 Å². The maximum absolute atomic E-state index is 13.9. The zero-order valence-electron chi connectivity index (χ0n) is 22.6. The van der Waals surface area contributed by atoms with E-state index in [0.29, 0.717) is 35.8 Å². The second kappa shape index (κ2) is 10.7. The van der Waals surface area contributed by atoms with Gasteiger partial charge in [-0.2, -0.15) is 0 Å². The first-order valence-corrected chi connectivity index (χ1v) is 14.0. The lowest BCUT2D eigenvalue weighted by molar-refractivity contribution is 0.0917. The van der Waals surface area contributed by atoms with Crippen LogP contribution in [-0.2, 0) is 19.4 Å². The van der Waals surface area contributed by atoms with Crippen molar-refractivity contribution in [2.75, 3.05) is 27.9 Å². The number of benzene rings is 2. The number of ether oxygens (including phenoxy) is 3. The van der Waals surface area contributed by atoms with Crippen molar-refractivity contribution >= 4 is 28.1 Å². The van der Waals surface area contributed by atoms with E-state index < -0.39 is 6.04 Å². The molecule has 40 heavy (non-hydrogen) atoms. The van der Waals surface area contributed by atoms with Crippen LogP contribution in [0.15, 0.2) is 60.1 Å². The van der Waals surface area contributed by atoms with Crippen LogP contribution in [0.25, 0.3) is 32.7 Å². The molecule has 1 aliphatic rings. The van der Waals surface area contributed by atoms with E-state index >= 15 is 0 Å². The first-order valence-electron chi connectivity index (χ1n) is 13.1. The van der Waals surface area contributed by atoms with Crippen molar-refractivity contribution in [2.24, 2.45) is 0 Å². The second-order valence-electron chi connectivity index (χ2n) is 9.77. The van der Waals surface area contributed by atoms with Crippen molar-refractivity contribution in [3.05, 3.63) is 76.8 Å². The Morgan fingerprint density at radius 2 is 1.93 bits per heavy atom. The van der Waals surface area contributed by atoms with Gasteiger partial charge in [0.2, 0.25) is 5.75 Å². The van der Waals surface area contributed by atoms with Crippen molar-refractivity contribution in [1.29, 1.82) is 0 Å². The van der Waals surface area contributed by atoms with Gasteiger partial charge in [0.05, 0.1) is 55.8 Å². The highest BCUT2D eigenvalue weighted by Gasteiger charge is 2.32. The Hall–Kier alpha value is -4.21. The highest BCUT2D eigenvalue weighted by Crippen LogP contribution is 2.50. The standard InChI is InChI=1S/C31H31N3O5S/c1-37-25-14-18-10-11-34-24(27(18)30(39-3)29(25)38-2)15-22(28(34)26-9-6-12-40-26)31(36)33-20(17-35)13-19-16-32-23-8-5-4-7-21(19)23/h4-9,12,14-16,20,32,35H,10-11,13,17H2,1-3H3,(H,33,36)/t20-/m1/s1. The SMILES string of the molecule is COc1cc2c(c(OC)c1OC)-c1cc(C(=O)N[C@@H](CO)Cc3c[nH]c4ccccc34)c(-c3cccs3)n1CC2. The molecule has 0 radical (unpaired) electrons. The predicted molar refractivity (Wildman–Crippen MR) is 157 cm³/mol. The number of hydrogen-bond donors (Lipinski definition) is 3.